The normalized spacial score (nSPS) is 24.7. The number of amides is 3. The maximum Gasteiger partial charge on any atom is 0.319 e. The van der Waals surface area contributed by atoms with Crippen LogP contribution in [0.2, 0.25) is 0 Å². The first kappa shape index (κ1) is 51.3. The predicted molar refractivity (Wildman–Crippen MR) is 286 cm³/mol. The third-order valence-electron chi connectivity index (χ3n) is 18.6. The van der Waals surface area contributed by atoms with E-state index in [-0.39, 0.29) is 64.5 Å². The lowest BCUT2D eigenvalue weighted by Gasteiger charge is -2.57. The topological polar surface area (TPSA) is 155 Å². The highest BCUT2D eigenvalue weighted by molar-refractivity contribution is 6.06. The minimum atomic E-state index is -1.20. The van der Waals surface area contributed by atoms with Crippen LogP contribution in [0, 0.1) is 22.5 Å². The van der Waals surface area contributed by atoms with Gasteiger partial charge in [0.2, 0.25) is 11.8 Å². The fourth-order valence-corrected chi connectivity index (χ4v) is 14.2. The van der Waals surface area contributed by atoms with Crippen molar-refractivity contribution in [2.45, 2.75) is 108 Å². The Hall–Kier alpha value is -6.15. The number of likely N-dealkylation sites (tertiary alicyclic amines) is 1. The van der Waals surface area contributed by atoms with Crippen molar-refractivity contribution in [3.05, 3.63) is 77.0 Å². The summed E-state index contributed by atoms with van der Waals surface area (Å²) in [7, 11) is 1.52. The molecule has 78 heavy (non-hydrogen) atoms. The van der Waals surface area contributed by atoms with Gasteiger partial charge in [-0.1, -0.05) is 13.0 Å². The number of nitrogens with one attached hydrogen (secondary N) is 1. The van der Waals surface area contributed by atoms with Gasteiger partial charge in [-0.05, 0) is 141 Å². The van der Waals surface area contributed by atoms with Gasteiger partial charge in [-0.2, -0.15) is 9.97 Å². The second-order valence-electron chi connectivity index (χ2n) is 23.9. The highest BCUT2D eigenvalue weighted by Crippen LogP contribution is 2.58. The Morgan fingerprint density at radius 1 is 0.846 bits per heavy atom. The number of imide groups is 1. The number of aryl methyl sites for hydroxylation is 1. The van der Waals surface area contributed by atoms with E-state index in [1.807, 2.05) is 25.1 Å². The second kappa shape index (κ2) is 19.9. The number of carbonyl (C=O) groups excluding carboxylic acids is 3. The molecule has 3 amide bonds. The zero-order valence-corrected chi connectivity index (χ0v) is 44.7. The quantitative estimate of drug-likeness (QED) is 0.0803. The number of pyridine rings is 1. The van der Waals surface area contributed by atoms with E-state index in [4.69, 9.17) is 33.9 Å². The maximum atomic E-state index is 17.5. The Balaban J connectivity index is 0.648. The number of piperazine rings is 1. The Morgan fingerprint density at radius 3 is 2.37 bits per heavy atom. The van der Waals surface area contributed by atoms with Crippen LogP contribution in [0.3, 0.4) is 0 Å². The summed E-state index contributed by atoms with van der Waals surface area (Å²) in [5, 5.41) is 4.08. The molecule has 0 bridgehead atoms. The lowest BCUT2D eigenvalue weighted by atomic mass is 9.55. The number of rotatable bonds is 15. The van der Waals surface area contributed by atoms with E-state index < -0.39 is 23.4 Å². The van der Waals surface area contributed by atoms with Crippen molar-refractivity contribution in [2.75, 3.05) is 102 Å². The number of benzene rings is 3. The third kappa shape index (κ3) is 9.48. The number of hydrogen-bond acceptors (Lipinski definition) is 14. The van der Waals surface area contributed by atoms with E-state index in [9.17, 15) is 14.4 Å². The monoisotopic (exact) mass is 1070 g/mol. The number of fused-ring (bicyclic) bond motifs is 3. The van der Waals surface area contributed by atoms with Gasteiger partial charge in [-0.3, -0.25) is 29.6 Å². The minimum absolute atomic E-state index is 0.0192. The smallest absolute Gasteiger partial charge is 0.319 e. The number of ether oxygens (including phenoxy) is 4. The van der Waals surface area contributed by atoms with Gasteiger partial charge in [0.1, 0.15) is 40.3 Å². The molecule has 2 aliphatic carbocycles. The van der Waals surface area contributed by atoms with Crippen LogP contribution in [-0.4, -0.2) is 157 Å². The van der Waals surface area contributed by atoms with Crippen LogP contribution in [0.25, 0.3) is 32.9 Å². The molecule has 2 saturated carbocycles. The molecule has 1 N–H and O–H groups in total. The molecule has 5 aromatic rings. The fraction of sp³-hybridized carbons (Fsp3) is 0.559. The van der Waals surface area contributed by atoms with Gasteiger partial charge in [0.25, 0.3) is 5.91 Å². The SMILES string of the molecule is CCc1c(F)ccc2cc(OCOC)cc(-c3ncc4c(N5CCC[C@]6(CCO6)C5)nc(OCC5(CN6CCC7(CC6)CC(F)(CN6CCN(c8ccc9c(c8)CN([C@H]8CCC(=O)NC8=O)C9=O)CC6)C7)CC5)nc4c3F)c12. The molecule has 19 heteroatoms. The number of aromatic nitrogens is 3. The number of carbonyl (C=O) groups is 3. The molecule has 8 heterocycles. The number of methoxy groups -OCH3 is 1. The van der Waals surface area contributed by atoms with Crippen molar-refractivity contribution >= 4 is 50.9 Å². The Kier molecular flexibility index (Phi) is 13.1. The molecule has 5 saturated heterocycles. The summed E-state index contributed by atoms with van der Waals surface area (Å²) < 4.78 is 73.3. The van der Waals surface area contributed by atoms with Crippen molar-refractivity contribution in [3.8, 4) is 23.0 Å². The molecule has 0 unspecified atom stereocenters. The molecule has 13 rings (SSSR count). The van der Waals surface area contributed by atoms with E-state index in [1.165, 1.54) is 13.2 Å². The largest absolute Gasteiger partial charge is 0.468 e. The molecule has 16 nitrogen and oxygen atoms in total. The zero-order valence-electron chi connectivity index (χ0n) is 44.7. The van der Waals surface area contributed by atoms with Crippen LogP contribution < -0.4 is 24.6 Å². The van der Waals surface area contributed by atoms with Gasteiger partial charge in [-0.25, -0.2) is 13.2 Å². The van der Waals surface area contributed by atoms with E-state index in [1.54, 1.807) is 29.3 Å². The van der Waals surface area contributed by atoms with E-state index in [2.05, 4.69) is 24.9 Å². The molecule has 2 spiro atoms. The lowest BCUT2D eigenvalue weighted by Crippen LogP contribution is -2.60. The number of hydrogen-bond donors (Lipinski definition) is 1. The molecule has 6 aliphatic heterocycles. The number of nitrogens with zero attached hydrogens (tertiary/aromatic N) is 8. The summed E-state index contributed by atoms with van der Waals surface area (Å²) in [6.45, 7) is 10.7. The molecule has 2 aromatic heterocycles. The predicted octanol–water partition coefficient (Wildman–Crippen LogP) is 7.75. The third-order valence-corrected chi connectivity index (χ3v) is 18.6. The molecule has 0 radical (unpaired) electrons. The van der Waals surface area contributed by atoms with Crippen LogP contribution in [0.5, 0.6) is 11.8 Å². The molecule has 412 valence electrons. The molecule has 7 fully saturated rings. The van der Waals surface area contributed by atoms with Crippen LogP contribution in [-0.2, 0) is 32.0 Å². The Bertz CT molecular complexity index is 3200. The van der Waals surface area contributed by atoms with Gasteiger partial charge >= 0.3 is 6.01 Å². The molecule has 2 atom stereocenters. The number of piperidine rings is 3. The standard InChI is InChI=1S/C59H68F3N9O7/c1-3-41-45(60)8-5-37-26-40(77-36-75-2)27-43(48(37)41)50-49(61)51-44(28-63-50)52(70-17-4-11-59(34-70)16-24-78-59)66-55(65-51)76-35-57(12-13-57)32-67-18-14-56(15-19-67)30-58(62,31-56)33-68-20-22-69(23-21-68)39-6-7-42-38(25-39)29-71(54(42)74)46-9-10-47(72)64-53(46)73/h5-8,25-28,46H,3-4,9-24,29-36H2,1-2H3,(H,64,72,73)/t46-,59-/m0/s1. The van der Waals surface area contributed by atoms with Crippen LogP contribution in [0.1, 0.15) is 99.0 Å². The van der Waals surface area contributed by atoms with E-state index >= 15 is 13.2 Å². The minimum Gasteiger partial charge on any atom is -0.468 e. The van der Waals surface area contributed by atoms with E-state index in [0.717, 1.165) is 102 Å². The first-order valence-corrected chi connectivity index (χ1v) is 28.1. The summed E-state index contributed by atoms with van der Waals surface area (Å²) in [6.07, 6.45) is 10.4. The summed E-state index contributed by atoms with van der Waals surface area (Å²) in [6, 6.07) is 11.9. The van der Waals surface area contributed by atoms with Gasteiger partial charge in [-0.15, -0.1) is 0 Å². The molecular weight excluding hydrogens is 1000 g/mol. The highest BCUT2D eigenvalue weighted by Gasteiger charge is 2.57. The van der Waals surface area contributed by atoms with Gasteiger partial charge in [0.05, 0.1) is 24.2 Å². The van der Waals surface area contributed by atoms with Gasteiger partial charge in [0, 0.05) is 107 Å². The average molecular weight is 1070 g/mol. The first-order valence-electron chi connectivity index (χ1n) is 28.1. The Morgan fingerprint density at radius 2 is 1.64 bits per heavy atom. The number of anilines is 2. The molecule has 3 aromatic carbocycles. The van der Waals surface area contributed by atoms with Crippen LogP contribution >= 0.6 is 0 Å². The lowest BCUT2D eigenvalue weighted by molar-refractivity contribution is -0.151. The number of halogens is 3. The fourth-order valence-electron chi connectivity index (χ4n) is 14.2. The number of alkyl halides is 1. The zero-order chi connectivity index (χ0) is 53.6. The maximum absolute atomic E-state index is 17.5. The Labute approximate surface area is 451 Å². The van der Waals surface area contributed by atoms with Crippen molar-refractivity contribution in [2.24, 2.45) is 10.8 Å². The van der Waals surface area contributed by atoms with Crippen LogP contribution in [0.15, 0.2) is 48.7 Å². The van der Waals surface area contributed by atoms with Gasteiger partial charge < -0.3 is 38.5 Å². The molecule has 8 aliphatic rings. The average Bonchev–Trinajstić information content (AvgIpc) is 4.22. The van der Waals surface area contributed by atoms with Crippen molar-refractivity contribution < 1.29 is 46.5 Å². The van der Waals surface area contributed by atoms with Crippen LogP contribution in [0.4, 0.5) is 24.7 Å². The summed E-state index contributed by atoms with van der Waals surface area (Å²) >= 11 is 0. The van der Waals surface area contributed by atoms with Gasteiger partial charge in [0.15, 0.2) is 12.6 Å². The summed E-state index contributed by atoms with van der Waals surface area (Å²) in [5.74, 6) is -0.938. The first-order chi connectivity index (χ1) is 37.7. The van der Waals surface area contributed by atoms with Crippen molar-refractivity contribution in [1.29, 1.82) is 0 Å². The molecular formula is C59H68F3N9O7. The second-order valence-corrected chi connectivity index (χ2v) is 23.9. The van der Waals surface area contributed by atoms with E-state index in [0.29, 0.717) is 109 Å². The van der Waals surface area contributed by atoms with Crippen molar-refractivity contribution in [3.63, 3.8) is 0 Å². The summed E-state index contributed by atoms with van der Waals surface area (Å²) in [5.41, 5.74) is 1.91. The summed E-state index contributed by atoms with van der Waals surface area (Å²) in [4.78, 5) is 62.9. The highest BCUT2D eigenvalue weighted by atomic mass is 19.1. The van der Waals surface area contributed by atoms with Crippen molar-refractivity contribution in [1.82, 2.24) is 35.0 Å².